The van der Waals surface area contributed by atoms with E-state index in [1.54, 1.807) is 0 Å². The van der Waals surface area contributed by atoms with Gasteiger partial charge in [-0.1, -0.05) is 35.9 Å². The average Bonchev–Trinajstić information content (AvgIpc) is 1.83. The smallest absolute Gasteiger partial charge is 0.00335 e. The number of hydrogen-bond donors (Lipinski definition) is 0. The second-order valence-electron chi connectivity index (χ2n) is 1.66. The lowest BCUT2D eigenvalue weighted by Gasteiger charge is -1.91. The van der Waals surface area contributed by atoms with E-state index < -0.39 is 0 Å². The van der Waals surface area contributed by atoms with Crippen molar-refractivity contribution in [3.8, 4) is 0 Å². The van der Waals surface area contributed by atoms with Crippen LogP contribution in [0, 0.1) is 0 Å². The van der Waals surface area contributed by atoms with Gasteiger partial charge in [0, 0.05) is 0 Å². The van der Waals surface area contributed by atoms with Crippen LogP contribution in [0.3, 0.4) is 0 Å². The predicted octanol–water partition coefficient (Wildman–Crippen LogP) is 3.89. The molecule has 0 spiro atoms. The Morgan fingerprint density at radius 3 is 2.62 bits per heavy atom. The molecule has 0 atom stereocenters. The normalized spacial score (nSPS) is 12.1. The summed E-state index contributed by atoms with van der Waals surface area (Å²) in [7, 11) is 0. The maximum atomic E-state index is 2.38. The zero-order valence-corrected chi connectivity index (χ0v) is 9.27. The molecule has 0 aliphatic heterocycles. The van der Waals surface area contributed by atoms with Crippen LogP contribution in [0.2, 0.25) is 0 Å². The molecule has 0 heterocycles. The summed E-state index contributed by atoms with van der Waals surface area (Å²) in [6.45, 7) is 2.22. The lowest BCUT2D eigenvalue weighted by Crippen LogP contribution is -1.69. The van der Waals surface area contributed by atoms with Crippen molar-refractivity contribution in [3.63, 3.8) is 0 Å². The van der Waals surface area contributed by atoms with Crippen molar-refractivity contribution in [2.24, 2.45) is 0 Å². The van der Waals surface area contributed by atoms with Gasteiger partial charge in [-0.15, -0.1) is 0 Å². The average molecular weight is 336 g/mol. The molecule has 0 aromatic carbocycles. The Balaban J connectivity index is 3.12. The van der Waals surface area contributed by atoms with Gasteiger partial charge >= 0.3 is 0 Å². The molecule has 0 saturated carbocycles. The van der Waals surface area contributed by atoms with E-state index in [0.29, 0.717) is 0 Å². The van der Waals surface area contributed by atoms with E-state index in [9.17, 15) is 0 Å². The maximum absolute atomic E-state index is 2.38. The van der Waals surface area contributed by atoms with Crippen molar-refractivity contribution in [1.29, 1.82) is 0 Å². The van der Waals surface area contributed by atoms with Gasteiger partial charge in [-0.05, 0) is 43.1 Å². The Morgan fingerprint density at radius 1 is 1.62 bits per heavy atom. The van der Waals surface area contributed by atoms with Crippen molar-refractivity contribution in [3.05, 3.63) is 7.66 Å². The van der Waals surface area contributed by atoms with Crippen LogP contribution >= 0.6 is 45.2 Å². The Labute approximate surface area is 78.4 Å². The standard InChI is InChI=1S/C6H10I2/c1-2-3-4-6(8)5-7/h5H,2-4H2,1H3. The Bertz CT molecular complexity index is 76.6. The molecule has 0 unspecified atom stereocenters. The fraction of sp³-hybridized carbons (Fsp3) is 0.667. The molecule has 0 aliphatic rings. The predicted molar refractivity (Wildman–Crippen MR) is 55.6 cm³/mol. The third kappa shape index (κ3) is 5.34. The summed E-state index contributed by atoms with van der Waals surface area (Å²) in [4.78, 5) is 0. The first-order valence-electron chi connectivity index (χ1n) is 2.76. The molecule has 2 heteroatoms. The van der Waals surface area contributed by atoms with E-state index in [2.05, 4.69) is 56.2 Å². The molecule has 0 rings (SSSR count). The van der Waals surface area contributed by atoms with Crippen molar-refractivity contribution in [1.82, 2.24) is 0 Å². The van der Waals surface area contributed by atoms with Gasteiger partial charge in [0.1, 0.15) is 0 Å². The van der Waals surface area contributed by atoms with Crippen molar-refractivity contribution in [2.45, 2.75) is 26.2 Å². The molecule has 0 bridgehead atoms. The van der Waals surface area contributed by atoms with E-state index >= 15 is 0 Å². The molecule has 0 amide bonds. The molecule has 0 fully saturated rings. The third-order valence-electron chi connectivity index (χ3n) is 0.888. The van der Waals surface area contributed by atoms with Gasteiger partial charge in [-0.3, -0.25) is 0 Å². The Morgan fingerprint density at radius 2 is 2.25 bits per heavy atom. The number of halogens is 2. The first kappa shape index (κ1) is 9.20. The highest BCUT2D eigenvalue weighted by Crippen LogP contribution is 2.16. The second-order valence-corrected chi connectivity index (χ2v) is 3.67. The molecule has 0 nitrogen and oxygen atoms in total. The van der Waals surface area contributed by atoms with Gasteiger partial charge in [0.15, 0.2) is 0 Å². The van der Waals surface area contributed by atoms with E-state index in [1.807, 2.05) is 0 Å². The molecule has 0 aromatic rings. The van der Waals surface area contributed by atoms with Gasteiger partial charge in [0.2, 0.25) is 0 Å². The molecule has 48 valence electrons. The number of allylic oxidation sites excluding steroid dienone is 1. The molecule has 0 N–H and O–H groups in total. The van der Waals surface area contributed by atoms with Gasteiger partial charge in [0.25, 0.3) is 0 Å². The molecule has 0 saturated heterocycles. The minimum absolute atomic E-state index is 1.26. The Kier molecular flexibility index (Phi) is 7.27. The van der Waals surface area contributed by atoms with Gasteiger partial charge in [0.05, 0.1) is 0 Å². The number of unbranched alkanes of at least 4 members (excludes halogenated alkanes) is 1. The first-order valence-corrected chi connectivity index (χ1v) is 5.08. The summed E-state index contributed by atoms with van der Waals surface area (Å²) in [6, 6.07) is 0. The minimum Gasteiger partial charge on any atom is -0.0654 e. The summed E-state index contributed by atoms with van der Waals surface area (Å²) in [5, 5.41) is 0. The quantitative estimate of drug-likeness (QED) is 0.686. The lowest BCUT2D eigenvalue weighted by molar-refractivity contribution is 0.813. The van der Waals surface area contributed by atoms with Crippen LogP contribution in [-0.4, -0.2) is 0 Å². The van der Waals surface area contributed by atoms with Gasteiger partial charge in [-0.2, -0.15) is 0 Å². The van der Waals surface area contributed by atoms with Crippen LogP contribution in [-0.2, 0) is 0 Å². The number of hydrogen-bond acceptors (Lipinski definition) is 0. The highest BCUT2D eigenvalue weighted by molar-refractivity contribution is 14.1. The number of rotatable bonds is 3. The van der Waals surface area contributed by atoms with Crippen molar-refractivity contribution < 1.29 is 0 Å². The molecule has 8 heavy (non-hydrogen) atoms. The zero-order valence-electron chi connectivity index (χ0n) is 4.95. The maximum Gasteiger partial charge on any atom is -0.00335 e. The summed E-state index contributed by atoms with van der Waals surface area (Å²) >= 11 is 4.67. The summed E-state index contributed by atoms with van der Waals surface area (Å²) in [5.41, 5.74) is 0. The highest BCUT2D eigenvalue weighted by Gasteiger charge is 1.86. The van der Waals surface area contributed by atoms with Crippen LogP contribution < -0.4 is 0 Å². The van der Waals surface area contributed by atoms with Crippen molar-refractivity contribution >= 4 is 45.2 Å². The second kappa shape index (κ2) is 6.32. The van der Waals surface area contributed by atoms with Gasteiger partial charge < -0.3 is 0 Å². The Hall–Kier alpha value is 1.20. The zero-order chi connectivity index (χ0) is 6.41. The fourth-order valence-electron chi connectivity index (χ4n) is 0.400. The topological polar surface area (TPSA) is 0 Å². The SMILES string of the molecule is CCCCC(I)=CI. The third-order valence-corrected chi connectivity index (χ3v) is 3.68. The van der Waals surface area contributed by atoms with Crippen LogP contribution in [0.25, 0.3) is 0 Å². The van der Waals surface area contributed by atoms with Crippen LogP contribution in [0.4, 0.5) is 0 Å². The monoisotopic (exact) mass is 336 g/mol. The molecule has 0 aromatic heterocycles. The molecular formula is C6H10I2. The van der Waals surface area contributed by atoms with E-state index in [1.165, 1.54) is 22.8 Å². The summed E-state index contributed by atoms with van der Waals surface area (Å²) in [5.74, 6) is 0. The molecular weight excluding hydrogens is 326 g/mol. The fourth-order valence-corrected chi connectivity index (χ4v) is 1.09. The summed E-state index contributed by atoms with van der Waals surface area (Å²) in [6.07, 6.45) is 3.90. The van der Waals surface area contributed by atoms with Crippen LogP contribution in [0.1, 0.15) is 26.2 Å². The van der Waals surface area contributed by atoms with Crippen LogP contribution in [0.15, 0.2) is 7.66 Å². The lowest BCUT2D eigenvalue weighted by atomic mass is 10.2. The van der Waals surface area contributed by atoms with Gasteiger partial charge in [-0.25, -0.2) is 0 Å². The molecule has 0 aliphatic carbocycles. The van der Waals surface area contributed by atoms with E-state index in [4.69, 9.17) is 0 Å². The summed E-state index contributed by atoms with van der Waals surface area (Å²) < 4.78 is 3.62. The van der Waals surface area contributed by atoms with E-state index in [0.717, 1.165) is 0 Å². The molecule has 0 radical (unpaired) electrons. The first-order chi connectivity index (χ1) is 3.81. The van der Waals surface area contributed by atoms with Crippen molar-refractivity contribution in [2.75, 3.05) is 0 Å². The van der Waals surface area contributed by atoms with E-state index in [-0.39, 0.29) is 0 Å². The van der Waals surface area contributed by atoms with Crippen LogP contribution in [0.5, 0.6) is 0 Å². The largest absolute Gasteiger partial charge is 0.0654 e. The minimum atomic E-state index is 1.26. The highest BCUT2D eigenvalue weighted by atomic mass is 127.